The lowest BCUT2D eigenvalue weighted by atomic mass is 10.2. The molecule has 0 bridgehead atoms. The molecule has 0 fully saturated rings. The van der Waals surface area contributed by atoms with E-state index in [2.05, 4.69) is 30.5 Å². The largest absolute Gasteiger partial charge is 0.468 e. The zero-order valence-corrected chi connectivity index (χ0v) is 15.3. The van der Waals surface area contributed by atoms with Crippen LogP contribution < -0.4 is 4.74 Å². The van der Waals surface area contributed by atoms with Crippen molar-refractivity contribution >= 4 is 16.4 Å². The molecular formula is C18H16N8O2. The number of ether oxygens (including phenoxy) is 1. The Morgan fingerprint density at radius 1 is 1.11 bits per heavy atom. The molecule has 0 aliphatic heterocycles. The normalized spacial score (nSPS) is 11.5. The summed E-state index contributed by atoms with van der Waals surface area (Å²) in [6.07, 6.45) is 1.68. The molecule has 0 aliphatic rings. The molecule has 10 heteroatoms. The van der Waals surface area contributed by atoms with E-state index < -0.39 is 0 Å². The van der Waals surface area contributed by atoms with Crippen molar-refractivity contribution < 1.29 is 9.26 Å². The molecule has 4 aromatic heterocycles. The van der Waals surface area contributed by atoms with Crippen LogP contribution in [-0.4, -0.2) is 39.7 Å². The molecule has 140 valence electrons. The first kappa shape index (κ1) is 16.4. The predicted molar refractivity (Wildman–Crippen MR) is 98.5 cm³/mol. The highest BCUT2D eigenvalue weighted by molar-refractivity contribution is 5.96. The maximum Gasteiger partial charge on any atom is 0.240 e. The van der Waals surface area contributed by atoms with Gasteiger partial charge in [0.2, 0.25) is 11.7 Å². The van der Waals surface area contributed by atoms with E-state index in [-0.39, 0.29) is 6.61 Å². The van der Waals surface area contributed by atoms with Gasteiger partial charge in [0.1, 0.15) is 12.1 Å². The second-order valence-electron chi connectivity index (χ2n) is 6.24. The lowest BCUT2D eigenvalue weighted by molar-refractivity contribution is 0.283. The van der Waals surface area contributed by atoms with Gasteiger partial charge in [-0.05, 0) is 19.9 Å². The average Bonchev–Trinajstić information content (AvgIpc) is 3.45. The molecule has 1 aromatic carbocycles. The van der Waals surface area contributed by atoms with Gasteiger partial charge in [-0.15, -0.1) is 15.3 Å². The minimum atomic E-state index is 0.204. The van der Waals surface area contributed by atoms with Crippen molar-refractivity contribution in [3.05, 3.63) is 48.2 Å². The summed E-state index contributed by atoms with van der Waals surface area (Å²) in [7, 11) is 0. The Hall–Kier alpha value is -3.82. The summed E-state index contributed by atoms with van der Waals surface area (Å²) in [6.45, 7) is 4.78. The van der Waals surface area contributed by atoms with Gasteiger partial charge in [-0.2, -0.15) is 9.61 Å². The molecule has 0 radical (unpaired) electrons. The van der Waals surface area contributed by atoms with Crippen molar-refractivity contribution in [1.82, 2.24) is 39.7 Å². The molecule has 0 saturated heterocycles. The van der Waals surface area contributed by atoms with Crippen LogP contribution in [0, 0.1) is 6.92 Å². The predicted octanol–water partition coefficient (Wildman–Crippen LogP) is 2.43. The second kappa shape index (κ2) is 6.41. The monoisotopic (exact) mass is 376 g/mol. The molecule has 5 aromatic rings. The fourth-order valence-corrected chi connectivity index (χ4v) is 2.97. The van der Waals surface area contributed by atoms with Gasteiger partial charge in [-0.3, -0.25) is 4.68 Å². The van der Waals surface area contributed by atoms with Crippen LogP contribution in [0.15, 0.2) is 41.2 Å². The quantitative estimate of drug-likeness (QED) is 0.460. The third-order valence-corrected chi connectivity index (χ3v) is 4.33. The molecule has 0 amide bonds. The summed E-state index contributed by atoms with van der Waals surface area (Å²) in [5.41, 5.74) is 1.18. The number of hydrogen-bond donors (Lipinski definition) is 0. The first-order valence-corrected chi connectivity index (χ1v) is 8.82. The summed E-state index contributed by atoms with van der Waals surface area (Å²) in [4.78, 5) is 4.25. The van der Waals surface area contributed by atoms with Crippen molar-refractivity contribution in [2.75, 3.05) is 0 Å². The van der Waals surface area contributed by atoms with Gasteiger partial charge in [-0.1, -0.05) is 23.4 Å². The van der Waals surface area contributed by atoms with E-state index in [1.165, 1.54) is 0 Å². The summed E-state index contributed by atoms with van der Waals surface area (Å²) in [5, 5.41) is 23.2. The maximum absolute atomic E-state index is 5.97. The van der Waals surface area contributed by atoms with Crippen LogP contribution in [0.5, 0.6) is 5.88 Å². The third-order valence-electron chi connectivity index (χ3n) is 4.33. The van der Waals surface area contributed by atoms with Gasteiger partial charge in [-0.25, -0.2) is 4.98 Å². The number of benzene rings is 1. The van der Waals surface area contributed by atoms with Crippen molar-refractivity contribution in [2.24, 2.45) is 0 Å². The van der Waals surface area contributed by atoms with E-state index in [0.29, 0.717) is 34.6 Å². The van der Waals surface area contributed by atoms with Crippen LogP contribution in [0.1, 0.15) is 18.5 Å². The summed E-state index contributed by atoms with van der Waals surface area (Å²) in [6, 6.07) is 9.54. The highest BCUT2D eigenvalue weighted by atomic mass is 16.5. The van der Waals surface area contributed by atoms with E-state index >= 15 is 0 Å². The highest BCUT2D eigenvalue weighted by Crippen LogP contribution is 2.28. The first-order valence-electron chi connectivity index (χ1n) is 8.82. The number of hydrogen-bond acceptors (Lipinski definition) is 8. The Labute approximate surface area is 158 Å². The lowest BCUT2D eigenvalue weighted by Gasteiger charge is -2.08. The summed E-state index contributed by atoms with van der Waals surface area (Å²) >= 11 is 0. The van der Waals surface area contributed by atoms with E-state index in [4.69, 9.17) is 9.26 Å². The number of aryl methyl sites for hydroxylation is 2. The lowest BCUT2D eigenvalue weighted by Crippen LogP contribution is -2.05. The van der Waals surface area contributed by atoms with E-state index in [1.54, 1.807) is 21.6 Å². The van der Waals surface area contributed by atoms with Crippen LogP contribution >= 0.6 is 0 Å². The van der Waals surface area contributed by atoms with Crippen LogP contribution in [-0.2, 0) is 13.2 Å². The Morgan fingerprint density at radius 2 is 1.96 bits per heavy atom. The van der Waals surface area contributed by atoms with Crippen molar-refractivity contribution in [1.29, 1.82) is 0 Å². The number of fused-ring (bicyclic) bond motifs is 3. The summed E-state index contributed by atoms with van der Waals surface area (Å²) < 4.78 is 14.5. The second-order valence-corrected chi connectivity index (χ2v) is 6.24. The Bertz CT molecular complexity index is 1290. The van der Waals surface area contributed by atoms with Gasteiger partial charge in [0.15, 0.2) is 23.8 Å². The van der Waals surface area contributed by atoms with Crippen molar-refractivity contribution in [3.63, 3.8) is 0 Å². The fraction of sp³-hybridized carbons (Fsp3) is 0.222. The molecule has 4 heterocycles. The number of nitrogens with zero attached hydrogens (tertiary/aromatic N) is 8. The average molecular weight is 376 g/mol. The van der Waals surface area contributed by atoms with Gasteiger partial charge >= 0.3 is 0 Å². The minimum absolute atomic E-state index is 0.204. The van der Waals surface area contributed by atoms with E-state index in [9.17, 15) is 0 Å². The third kappa shape index (κ3) is 2.66. The molecule has 5 rings (SSSR count). The standard InChI is InChI=1S/C18H16N8O2/c1-3-25-10-19-15(22-25)9-27-18-13-7-5-4-6-12(13)16-20-21-17(26(16)23-18)14-8-11(2)28-24-14/h4-8,10H,3,9H2,1-2H3. The van der Waals surface area contributed by atoms with Crippen LogP contribution in [0.3, 0.4) is 0 Å². The summed E-state index contributed by atoms with van der Waals surface area (Å²) in [5.74, 6) is 2.19. The SMILES string of the molecule is CCn1cnc(COc2nn3c(-c4cc(C)on4)nnc3c3ccccc23)n1. The molecule has 0 unspecified atom stereocenters. The van der Waals surface area contributed by atoms with Gasteiger partial charge in [0.05, 0.1) is 0 Å². The minimum Gasteiger partial charge on any atom is -0.468 e. The van der Waals surface area contributed by atoms with Crippen molar-refractivity contribution in [3.8, 4) is 17.4 Å². The number of rotatable bonds is 5. The van der Waals surface area contributed by atoms with Gasteiger partial charge in [0, 0.05) is 23.4 Å². The number of aromatic nitrogens is 8. The van der Waals surface area contributed by atoms with Crippen LogP contribution in [0.25, 0.3) is 27.9 Å². The first-order chi connectivity index (χ1) is 13.7. The van der Waals surface area contributed by atoms with Crippen LogP contribution in [0.4, 0.5) is 0 Å². The fourth-order valence-electron chi connectivity index (χ4n) is 2.97. The molecule has 0 atom stereocenters. The van der Waals surface area contributed by atoms with Gasteiger partial charge < -0.3 is 9.26 Å². The van der Waals surface area contributed by atoms with E-state index in [1.807, 2.05) is 38.1 Å². The zero-order chi connectivity index (χ0) is 19.1. The van der Waals surface area contributed by atoms with Crippen molar-refractivity contribution in [2.45, 2.75) is 27.0 Å². The molecular weight excluding hydrogens is 360 g/mol. The highest BCUT2D eigenvalue weighted by Gasteiger charge is 2.18. The molecule has 0 aliphatic carbocycles. The molecule has 0 spiro atoms. The maximum atomic E-state index is 5.97. The van der Waals surface area contributed by atoms with Crippen LogP contribution in [0.2, 0.25) is 0 Å². The molecule has 10 nitrogen and oxygen atoms in total. The van der Waals surface area contributed by atoms with E-state index in [0.717, 1.165) is 17.3 Å². The molecule has 0 N–H and O–H groups in total. The molecule has 0 saturated carbocycles. The Kier molecular flexibility index (Phi) is 3.75. The zero-order valence-electron chi connectivity index (χ0n) is 15.3. The Balaban J connectivity index is 1.62. The van der Waals surface area contributed by atoms with Gasteiger partial charge in [0.25, 0.3) is 0 Å². The Morgan fingerprint density at radius 3 is 2.71 bits per heavy atom. The smallest absolute Gasteiger partial charge is 0.240 e. The topological polar surface area (TPSA) is 109 Å². The molecule has 28 heavy (non-hydrogen) atoms.